The number of rotatable bonds is 5. The van der Waals surface area contributed by atoms with E-state index in [0.717, 1.165) is 5.56 Å². The van der Waals surface area contributed by atoms with Gasteiger partial charge in [0, 0.05) is 11.8 Å². The predicted molar refractivity (Wildman–Crippen MR) is 90.0 cm³/mol. The Balaban J connectivity index is 1.59. The first kappa shape index (κ1) is 15.5. The molecule has 0 bridgehead atoms. The number of carbonyl (C=O) groups is 1. The minimum Gasteiger partial charge on any atom is -0.489 e. The zero-order valence-corrected chi connectivity index (χ0v) is 12.7. The molecule has 0 aliphatic heterocycles. The molecule has 2 aromatic carbocycles. The number of benzene rings is 2. The van der Waals surface area contributed by atoms with Gasteiger partial charge in [0.25, 0.3) is 11.5 Å². The molecule has 6 heteroatoms. The van der Waals surface area contributed by atoms with Crippen molar-refractivity contribution in [1.82, 2.24) is 10.2 Å². The maximum absolute atomic E-state index is 12.0. The van der Waals surface area contributed by atoms with Gasteiger partial charge >= 0.3 is 0 Å². The largest absolute Gasteiger partial charge is 0.489 e. The fraction of sp³-hybridized carbons (Fsp3) is 0.0556. The lowest BCUT2D eigenvalue weighted by molar-refractivity contribution is 0.102. The molecule has 6 nitrogen and oxygen atoms in total. The summed E-state index contributed by atoms with van der Waals surface area (Å²) in [5.41, 5.74) is 1.48. The number of hydrogen-bond acceptors (Lipinski definition) is 4. The second kappa shape index (κ2) is 7.23. The van der Waals surface area contributed by atoms with Crippen molar-refractivity contribution in [3.63, 3.8) is 0 Å². The molecule has 3 rings (SSSR count). The zero-order chi connectivity index (χ0) is 16.8. The van der Waals surface area contributed by atoms with Crippen LogP contribution in [0.2, 0.25) is 0 Å². The van der Waals surface area contributed by atoms with Crippen molar-refractivity contribution in [3.8, 4) is 5.75 Å². The first-order valence-electron chi connectivity index (χ1n) is 7.34. The Morgan fingerprint density at radius 3 is 2.42 bits per heavy atom. The standard InChI is InChI=1S/C18H15N3O3/c22-17-11-10-16(20-21-17)18(23)19-14-6-8-15(9-7-14)24-12-13-4-2-1-3-5-13/h1-11H,12H2,(H,19,23)(H,21,22). The first-order chi connectivity index (χ1) is 11.7. The van der Waals surface area contributed by atoms with Crippen LogP contribution in [0.4, 0.5) is 5.69 Å². The summed E-state index contributed by atoms with van der Waals surface area (Å²) in [6, 6.07) is 19.5. The number of carbonyl (C=O) groups excluding carboxylic acids is 1. The maximum atomic E-state index is 12.0. The summed E-state index contributed by atoms with van der Waals surface area (Å²) in [4.78, 5) is 22.9. The lowest BCUT2D eigenvalue weighted by Gasteiger charge is -2.08. The highest BCUT2D eigenvalue weighted by Crippen LogP contribution is 2.17. The molecule has 0 saturated carbocycles. The molecule has 0 atom stereocenters. The molecule has 3 aromatic rings. The molecule has 0 spiro atoms. The van der Waals surface area contributed by atoms with E-state index in [4.69, 9.17) is 4.74 Å². The minimum atomic E-state index is -0.399. The molecule has 1 heterocycles. The molecule has 0 saturated heterocycles. The summed E-state index contributed by atoms with van der Waals surface area (Å²) in [5, 5.41) is 8.60. The Bertz CT molecular complexity index is 854. The number of nitrogens with zero attached hydrogens (tertiary/aromatic N) is 1. The summed E-state index contributed by atoms with van der Waals surface area (Å²) in [6.45, 7) is 0.480. The third-order valence-electron chi connectivity index (χ3n) is 3.27. The van der Waals surface area contributed by atoms with Crippen molar-refractivity contribution in [1.29, 1.82) is 0 Å². The van der Waals surface area contributed by atoms with E-state index in [0.29, 0.717) is 18.0 Å². The van der Waals surface area contributed by atoms with Crippen LogP contribution in [0.15, 0.2) is 71.5 Å². The average Bonchev–Trinajstić information content (AvgIpc) is 2.62. The Hall–Kier alpha value is -3.41. The molecule has 120 valence electrons. The molecule has 0 radical (unpaired) electrons. The normalized spacial score (nSPS) is 10.2. The van der Waals surface area contributed by atoms with Gasteiger partial charge in [0.05, 0.1) is 0 Å². The van der Waals surface area contributed by atoms with E-state index in [-0.39, 0.29) is 11.3 Å². The van der Waals surface area contributed by atoms with E-state index in [1.165, 1.54) is 12.1 Å². The molecule has 0 aliphatic carbocycles. The van der Waals surface area contributed by atoms with Gasteiger partial charge in [0.1, 0.15) is 18.1 Å². The topological polar surface area (TPSA) is 84.1 Å². The van der Waals surface area contributed by atoms with E-state index in [2.05, 4.69) is 15.5 Å². The van der Waals surface area contributed by atoms with Gasteiger partial charge in [-0.1, -0.05) is 30.3 Å². The number of anilines is 1. The van der Waals surface area contributed by atoms with E-state index >= 15 is 0 Å². The van der Waals surface area contributed by atoms with Crippen molar-refractivity contribution in [2.45, 2.75) is 6.61 Å². The van der Waals surface area contributed by atoms with Crippen molar-refractivity contribution in [2.24, 2.45) is 0 Å². The van der Waals surface area contributed by atoms with Gasteiger partial charge < -0.3 is 10.1 Å². The molecule has 1 aromatic heterocycles. The summed E-state index contributed by atoms with van der Waals surface area (Å²) in [5.74, 6) is 0.309. The van der Waals surface area contributed by atoms with Crippen LogP contribution in [-0.2, 0) is 6.61 Å². The lowest BCUT2D eigenvalue weighted by atomic mass is 10.2. The predicted octanol–water partition coefficient (Wildman–Crippen LogP) is 2.60. The van der Waals surface area contributed by atoms with Crippen molar-refractivity contribution in [3.05, 3.63) is 88.3 Å². The van der Waals surface area contributed by atoms with Crippen LogP contribution in [0, 0.1) is 0 Å². The highest BCUT2D eigenvalue weighted by atomic mass is 16.5. The van der Waals surface area contributed by atoms with Crippen LogP contribution in [0.1, 0.15) is 16.1 Å². The number of ether oxygens (including phenoxy) is 1. The van der Waals surface area contributed by atoms with Gasteiger partial charge in [-0.25, -0.2) is 5.10 Å². The van der Waals surface area contributed by atoms with Crippen LogP contribution in [0.5, 0.6) is 5.75 Å². The average molecular weight is 321 g/mol. The Morgan fingerprint density at radius 1 is 1.00 bits per heavy atom. The molecular weight excluding hydrogens is 306 g/mol. The fourth-order valence-electron chi connectivity index (χ4n) is 2.04. The molecule has 2 N–H and O–H groups in total. The van der Waals surface area contributed by atoms with Gasteiger partial charge in [0.2, 0.25) is 0 Å². The third-order valence-corrected chi connectivity index (χ3v) is 3.27. The van der Waals surface area contributed by atoms with E-state index in [1.54, 1.807) is 24.3 Å². The van der Waals surface area contributed by atoms with Gasteiger partial charge in [-0.3, -0.25) is 9.59 Å². The summed E-state index contributed by atoms with van der Waals surface area (Å²) < 4.78 is 5.69. The highest BCUT2D eigenvalue weighted by molar-refractivity contribution is 6.02. The van der Waals surface area contributed by atoms with Crippen LogP contribution >= 0.6 is 0 Å². The molecule has 24 heavy (non-hydrogen) atoms. The number of H-pyrrole nitrogens is 1. The third kappa shape index (κ3) is 4.07. The maximum Gasteiger partial charge on any atom is 0.276 e. The lowest BCUT2D eigenvalue weighted by Crippen LogP contribution is -2.17. The molecular formula is C18H15N3O3. The van der Waals surface area contributed by atoms with Gasteiger partial charge in [-0.2, -0.15) is 5.10 Å². The van der Waals surface area contributed by atoms with Gasteiger partial charge in [0.15, 0.2) is 0 Å². The Labute approximate surface area is 138 Å². The second-order valence-corrected chi connectivity index (χ2v) is 5.06. The van der Waals surface area contributed by atoms with E-state index < -0.39 is 5.91 Å². The van der Waals surface area contributed by atoms with Gasteiger partial charge in [-0.05, 0) is 35.9 Å². The number of amides is 1. The number of aromatic amines is 1. The summed E-state index contributed by atoms with van der Waals surface area (Å²) >= 11 is 0. The molecule has 1 amide bonds. The molecule has 0 fully saturated rings. The Morgan fingerprint density at radius 2 is 1.75 bits per heavy atom. The Kier molecular flexibility index (Phi) is 4.67. The smallest absolute Gasteiger partial charge is 0.276 e. The minimum absolute atomic E-state index is 0.138. The quantitative estimate of drug-likeness (QED) is 0.756. The van der Waals surface area contributed by atoms with Crippen LogP contribution in [0.25, 0.3) is 0 Å². The molecule has 0 unspecified atom stereocenters. The second-order valence-electron chi connectivity index (χ2n) is 5.06. The zero-order valence-electron chi connectivity index (χ0n) is 12.7. The summed E-state index contributed by atoms with van der Waals surface area (Å²) in [7, 11) is 0. The summed E-state index contributed by atoms with van der Waals surface area (Å²) in [6.07, 6.45) is 0. The first-order valence-corrected chi connectivity index (χ1v) is 7.34. The van der Waals surface area contributed by atoms with Crippen LogP contribution in [-0.4, -0.2) is 16.1 Å². The van der Waals surface area contributed by atoms with Crippen molar-refractivity contribution in [2.75, 3.05) is 5.32 Å². The number of aromatic nitrogens is 2. The van der Waals surface area contributed by atoms with Crippen LogP contribution in [0.3, 0.4) is 0 Å². The van der Waals surface area contributed by atoms with E-state index in [9.17, 15) is 9.59 Å². The highest BCUT2D eigenvalue weighted by Gasteiger charge is 2.07. The number of hydrogen-bond donors (Lipinski definition) is 2. The van der Waals surface area contributed by atoms with Crippen molar-refractivity contribution >= 4 is 11.6 Å². The van der Waals surface area contributed by atoms with Crippen LogP contribution < -0.4 is 15.6 Å². The van der Waals surface area contributed by atoms with Crippen molar-refractivity contribution < 1.29 is 9.53 Å². The molecule has 0 aliphatic rings. The monoisotopic (exact) mass is 321 g/mol. The number of nitrogens with one attached hydrogen (secondary N) is 2. The van der Waals surface area contributed by atoms with E-state index in [1.807, 2.05) is 30.3 Å². The fourth-order valence-corrected chi connectivity index (χ4v) is 2.04. The SMILES string of the molecule is O=C(Nc1ccc(OCc2ccccc2)cc1)c1ccc(=O)[nH]n1. The van der Waals surface area contributed by atoms with Gasteiger partial charge in [-0.15, -0.1) is 0 Å².